The van der Waals surface area contributed by atoms with Crippen LogP contribution >= 0.6 is 11.6 Å². The quantitative estimate of drug-likeness (QED) is 0.578. The Morgan fingerprint density at radius 3 is 2.24 bits per heavy atom. The minimum atomic E-state index is -2.44. The number of methoxy groups -OCH3 is 1. The van der Waals surface area contributed by atoms with E-state index in [1.54, 1.807) is 40.0 Å². The van der Waals surface area contributed by atoms with E-state index in [-0.39, 0.29) is 17.3 Å². The monoisotopic (exact) mass is 336 g/mol. The van der Waals surface area contributed by atoms with Crippen LogP contribution in [0, 0.1) is 0 Å². The first kappa shape index (κ1) is 19.7. The molecule has 0 aliphatic rings. The summed E-state index contributed by atoms with van der Waals surface area (Å²) in [5, 5.41) is 2.62. The van der Waals surface area contributed by atoms with Gasteiger partial charge in [0, 0.05) is 5.54 Å². The highest BCUT2D eigenvalue weighted by Gasteiger charge is 2.08. The summed E-state index contributed by atoms with van der Waals surface area (Å²) in [6.07, 6.45) is 0. The number of alkyl halides is 1. The van der Waals surface area contributed by atoms with Crippen molar-refractivity contribution in [2.24, 2.45) is 0 Å². The number of rotatable bonds is 4. The molecule has 1 aromatic rings. The van der Waals surface area contributed by atoms with Crippen LogP contribution in [0.2, 0.25) is 0 Å². The molecule has 0 atom stereocenters. The molecule has 0 spiro atoms. The fraction of sp³-hybridized carbons (Fsp3) is 0.462. The number of ether oxygens (including phenoxy) is 1. The maximum atomic E-state index is 11.0. The number of halogens is 1. The van der Waals surface area contributed by atoms with Crippen LogP contribution in [-0.4, -0.2) is 32.9 Å². The molecular formula is C13H21ClN2O4S. The van der Waals surface area contributed by atoms with E-state index in [9.17, 15) is 13.2 Å². The number of carbonyl (C=O) groups is 1. The average Bonchev–Trinajstić information content (AvgIpc) is 2.37. The second kappa shape index (κ2) is 9.59. The first-order valence-corrected chi connectivity index (χ1v) is 7.82. The second-order valence-corrected chi connectivity index (χ2v) is 6.01. The molecule has 0 unspecified atom stereocenters. The standard InChI is InChI=1S/C9H10ClNO2.C4H11NO2S/c1-13-8-5-3-2-4-7(8)11-9(12)6-10;1-4(2,3)5-8(6)7/h2-5H,6H2,1H3,(H,11,12);8H,1-3H3,(H,5,6,7). The molecular weight excluding hydrogens is 316 g/mol. The smallest absolute Gasteiger partial charge is 0.239 e. The van der Waals surface area contributed by atoms with Crippen molar-refractivity contribution in [2.45, 2.75) is 26.3 Å². The number of hydrogen-bond acceptors (Lipinski definition) is 4. The number of amides is 1. The third kappa shape index (κ3) is 10.1. The summed E-state index contributed by atoms with van der Waals surface area (Å²) in [6, 6.07) is 7.16. The highest BCUT2D eigenvalue weighted by molar-refractivity contribution is 7.70. The van der Waals surface area contributed by atoms with Crippen molar-refractivity contribution in [3.63, 3.8) is 0 Å². The molecule has 21 heavy (non-hydrogen) atoms. The van der Waals surface area contributed by atoms with Gasteiger partial charge in [-0.05, 0) is 32.9 Å². The molecule has 0 heterocycles. The van der Waals surface area contributed by atoms with Crippen LogP contribution in [0.3, 0.4) is 0 Å². The molecule has 8 heteroatoms. The minimum absolute atomic E-state index is 0.0575. The van der Waals surface area contributed by atoms with E-state index in [0.717, 1.165) is 0 Å². The lowest BCUT2D eigenvalue weighted by atomic mass is 10.1. The largest absolute Gasteiger partial charge is 0.495 e. The topological polar surface area (TPSA) is 84.5 Å². The van der Waals surface area contributed by atoms with Crippen LogP contribution in [-0.2, 0) is 15.7 Å². The lowest BCUT2D eigenvalue weighted by Crippen LogP contribution is -2.34. The van der Waals surface area contributed by atoms with Crippen molar-refractivity contribution >= 4 is 34.1 Å². The molecule has 0 bridgehead atoms. The van der Waals surface area contributed by atoms with Gasteiger partial charge in [0.25, 0.3) is 0 Å². The molecule has 120 valence electrons. The van der Waals surface area contributed by atoms with E-state index < -0.39 is 10.9 Å². The summed E-state index contributed by atoms with van der Waals surface area (Å²) < 4.78 is 27.3. The van der Waals surface area contributed by atoms with E-state index in [0.29, 0.717) is 11.4 Å². The molecule has 0 radical (unpaired) electrons. The normalized spacial score (nSPS) is 10.6. The number of benzene rings is 1. The molecule has 1 rings (SSSR count). The van der Waals surface area contributed by atoms with Gasteiger partial charge in [0.1, 0.15) is 11.6 Å². The van der Waals surface area contributed by atoms with Crippen molar-refractivity contribution in [1.29, 1.82) is 0 Å². The Bertz CT molecular complexity index is 519. The van der Waals surface area contributed by atoms with E-state index in [1.165, 1.54) is 0 Å². The zero-order chi connectivity index (χ0) is 16.5. The first-order chi connectivity index (χ1) is 9.69. The fourth-order valence-corrected chi connectivity index (χ4v) is 1.82. The SMILES string of the molecule is CC(C)(C)N[SH](=O)=O.COc1ccccc1NC(=O)CCl. The predicted molar refractivity (Wildman–Crippen MR) is 85.5 cm³/mol. The average molecular weight is 337 g/mol. The summed E-state index contributed by atoms with van der Waals surface area (Å²) in [4.78, 5) is 11.0. The van der Waals surface area contributed by atoms with E-state index >= 15 is 0 Å². The highest BCUT2D eigenvalue weighted by Crippen LogP contribution is 2.22. The van der Waals surface area contributed by atoms with Crippen molar-refractivity contribution in [1.82, 2.24) is 4.72 Å². The highest BCUT2D eigenvalue weighted by atomic mass is 35.5. The molecule has 6 nitrogen and oxygen atoms in total. The summed E-state index contributed by atoms with van der Waals surface area (Å²) in [5.41, 5.74) is 0.311. The van der Waals surface area contributed by atoms with Gasteiger partial charge in [0.15, 0.2) is 0 Å². The summed E-state index contributed by atoms with van der Waals surface area (Å²) >= 11 is 5.34. The first-order valence-electron chi connectivity index (χ1n) is 6.10. The number of thiol groups is 1. The second-order valence-electron chi connectivity index (χ2n) is 5.00. The van der Waals surface area contributed by atoms with Gasteiger partial charge in [-0.25, -0.2) is 13.1 Å². The Labute approximate surface area is 131 Å². The van der Waals surface area contributed by atoms with Crippen LogP contribution in [0.1, 0.15) is 20.8 Å². The van der Waals surface area contributed by atoms with Gasteiger partial charge in [-0.15, -0.1) is 11.6 Å². The maximum absolute atomic E-state index is 11.0. The van der Waals surface area contributed by atoms with Crippen LogP contribution in [0.5, 0.6) is 5.75 Å². The molecule has 0 aromatic heterocycles. The molecule has 0 aliphatic heterocycles. The number of nitrogens with one attached hydrogen (secondary N) is 2. The van der Waals surface area contributed by atoms with Crippen LogP contribution < -0.4 is 14.8 Å². The van der Waals surface area contributed by atoms with E-state index in [2.05, 4.69) is 10.0 Å². The summed E-state index contributed by atoms with van der Waals surface area (Å²) in [5.74, 6) is 0.324. The van der Waals surface area contributed by atoms with E-state index in [1.807, 2.05) is 12.1 Å². The molecule has 1 aromatic carbocycles. The fourth-order valence-electron chi connectivity index (χ4n) is 1.21. The third-order valence-electron chi connectivity index (χ3n) is 1.93. The van der Waals surface area contributed by atoms with Gasteiger partial charge in [0.05, 0.1) is 12.8 Å². The predicted octanol–water partition coefficient (Wildman–Crippen LogP) is 1.77. The molecule has 2 N–H and O–H groups in total. The molecule has 1 amide bonds. The van der Waals surface area contributed by atoms with Crippen LogP contribution in [0.4, 0.5) is 5.69 Å². The summed E-state index contributed by atoms with van der Waals surface area (Å²) in [7, 11) is -0.891. The van der Waals surface area contributed by atoms with Crippen molar-refractivity contribution in [3.05, 3.63) is 24.3 Å². The van der Waals surface area contributed by atoms with Gasteiger partial charge in [-0.1, -0.05) is 12.1 Å². The van der Waals surface area contributed by atoms with Crippen LogP contribution in [0.25, 0.3) is 0 Å². The Morgan fingerprint density at radius 2 is 1.86 bits per heavy atom. The van der Waals surface area contributed by atoms with Crippen molar-refractivity contribution in [3.8, 4) is 5.75 Å². The van der Waals surface area contributed by atoms with Crippen molar-refractivity contribution in [2.75, 3.05) is 18.3 Å². The van der Waals surface area contributed by atoms with Gasteiger partial charge in [-0.3, -0.25) is 4.79 Å². The van der Waals surface area contributed by atoms with E-state index in [4.69, 9.17) is 16.3 Å². The minimum Gasteiger partial charge on any atom is -0.495 e. The Morgan fingerprint density at radius 1 is 1.29 bits per heavy atom. The molecule has 0 fully saturated rings. The van der Waals surface area contributed by atoms with Gasteiger partial charge < -0.3 is 10.1 Å². The lowest BCUT2D eigenvalue weighted by Gasteiger charge is -2.14. The Kier molecular flexibility index (Phi) is 9.00. The van der Waals surface area contributed by atoms with Crippen molar-refractivity contribution < 1.29 is 17.9 Å². The zero-order valence-corrected chi connectivity index (χ0v) is 14.1. The number of anilines is 1. The Hall–Kier alpha value is -1.31. The molecule has 0 aliphatic carbocycles. The zero-order valence-electron chi connectivity index (χ0n) is 12.5. The number of para-hydroxylation sites is 2. The van der Waals surface area contributed by atoms with Gasteiger partial charge in [0.2, 0.25) is 16.8 Å². The lowest BCUT2D eigenvalue weighted by molar-refractivity contribution is -0.113. The summed E-state index contributed by atoms with van der Waals surface area (Å²) in [6.45, 7) is 5.37. The third-order valence-corrected chi connectivity index (χ3v) is 3.03. The molecule has 0 saturated heterocycles. The maximum Gasteiger partial charge on any atom is 0.239 e. The van der Waals surface area contributed by atoms with Crippen LogP contribution in [0.15, 0.2) is 24.3 Å². The molecule has 0 saturated carbocycles. The number of carbonyl (C=O) groups excluding carboxylic acids is 1. The van der Waals surface area contributed by atoms with Gasteiger partial charge in [-0.2, -0.15) is 0 Å². The number of hydrogen-bond donors (Lipinski definition) is 3. The Balaban J connectivity index is 0.000000433. The van der Waals surface area contributed by atoms with Gasteiger partial charge >= 0.3 is 0 Å².